The molecule has 1 N–H and O–H groups in total. The van der Waals surface area contributed by atoms with Crippen molar-refractivity contribution in [2.24, 2.45) is 0 Å². The zero-order chi connectivity index (χ0) is 5.98. The van der Waals surface area contributed by atoms with Gasteiger partial charge in [-0.15, -0.1) is 0 Å². The standard InChI is InChI=1S/C5H4BrN2.Y/c6-4-1-2-5(7)8-3-4;/h1-3H,(H-,7,8);/q-1;+3. The Balaban J connectivity index is 0.000000640. The molecule has 0 aromatic carbocycles. The first-order valence-electron chi connectivity index (χ1n) is 2.12. The number of aromatic nitrogens is 1. The molecule has 0 radical (unpaired) electrons. The fraction of sp³-hybridized carbons (Fsp3) is 0. The second kappa shape index (κ2) is 4.37. The van der Waals surface area contributed by atoms with Gasteiger partial charge < -0.3 is 10.7 Å². The van der Waals surface area contributed by atoms with Crippen LogP contribution in [0, 0.1) is 0 Å². The molecule has 9 heavy (non-hydrogen) atoms. The summed E-state index contributed by atoms with van der Waals surface area (Å²) in [6.45, 7) is 0. The van der Waals surface area contributed by atoms with E-state index in [9.17, 15) is 0 Å². The van der Waals surface area contributed by atoms with E-state index in [1.54, 1.807) is 18.3 Å². The van der Waals surface area contributed by atoms with Crippen molar-refractivity contribution in [1.82, 2.24) is 4.98 Å². The Morgan fingerprint density at radius 2 is 2.11 bits per heavy atom. The molecule has 0 aliphatic heterocycles. The molecular weight excluding hydrogens is 257 g/mol. The van der Waals surface area contributed by atoms with Gasteiger partial charge in [-0.3, -0.25) is 0 Å². The molecule has 42 valence electrons. The molecule has 0 amide bonds. The molecule has 0 aliphatic carbocycles. The van der Waals surface area contributed by atoms with Crippen molar-refractivity contribution in [1.29, 1.82) is 0 Å². The van der Waals surface area contributed by atoms with Crippen molar-refractivity contribution in [3.63, 3.8) is 0 Å². The Morgan fingerprint density at radius 3 is 2.44 bits per heavy atom. The largest absolute Gasteiger partial charge is 3.00 e. The van der Waals surface area contributed by atoms with Crippen LogP contribution in [0.15, 0.2) is 22.8 Å². The van der Waals surface area contributed by atoms with Crippen LogP contribution in [0.3, 0.4) is 0 Å². The Hall–Kier alpha value is 0.534. The van der Waals surface area contributed by atoms with Crippen LogP contribution in [-0.4, -0.2) is 4.98 Å². The van der Waals surface area contributed by atoms with Gasteiger partial charge in [0.2, 0.25) is 0 Å². The van der Waals surface area contributed by atoms with E-state index in [4.69, 9.17) is 5.73 Å². The minimum Gasteiger partial charge on any atom is -0.482 e. The summed E-state index contributed by atoms with van der Waals surface area (Å²) in [5.41, 5.74) is 6.96. The summed E-state index contributed by atoms with van der Waals surface area (Å²) < 4.78 is 0.911. The number of hydrogen-bond donors (Lipinski definition) is 0. The molecule has 0 bridgehead atoms. The SMILES string of the molecule is [NH-]c1ccc(Br)cn1.[Y+3]. The number of pyridine rings is 1. The number of rotatable bonds is 0. The summed E-state index contributed by atoms with van der Waals surface area (Å²) in [5, 5.41) is 0. The van der Waals surface area contributed by atoms with E-state index in [1.165, 1.54) is 0 Å². The van der Waals surface area contributed by atoms with E-state index in [0.717, 1.165) is 4.47 Å². The smallest absolute Gasteiger partial charge is 0.482 e. The van der Waals surface area contributed by atoms with Gasteiger partial charge in [0.05, 0.1) is 0 Å². The molecule has 0 spiro atoms. The van der Waals surface area contributed by atoms with Crippen LogP contribution in [0.4, 0.5) is 5.82 Å². The average Bonchev–Trinajstić information content (AvgIpc) is 1.77. The van der Waals surface area contributed by atoms with E-state index >= 15 is 0 Å². The predicted molar refractivity (Wildman–Crippen MR) is 35.9 cm³/mol. The van der Waals surface area contributed by atoms with Crippen molar-refractivity contribution in [3.8, 4) is 0 Å². The van der Waals surface area contributed by atoms with Gasteiger partial charge in [0.15, 0.2) is 0 Å². The van der Waals surface area contributed by atoms with Crippen molar-refractivity contribution >= 4 is 21.7 Å². The number of halogens is 1. The van der Waals surface area contributed by atoms with Crippen LogP contribution in [0.25, 0.3) is 5.73 Å². The summed E-state index contributed by atoms with van der Waals surface area (Å²) in [6, 6.07) is 3.42. The quantitative estimate of drug-likeness (QED) is 0.706. The molecule has 1 heterocycles. The molecule has 0 unspecified atom stereocenters. The third-order valence-corrected chi connectivity index (χ3v) is 1.20. The minimum absolute atomic E-state index is 0. The van der Waals surface area contributed by atoms with Crippen LogP contribution in [-0.2, 0) is 32.7 Å². The first-order chi connectivity index (χ1) is 3.79. The Bertz CT molecular complexity index is 154. The van der Waals surface area contributed by atoms with Crippen molar-refractivity contribution in [2.45, 2.75) is 0 Å². The molecule has 1 aromatic rings. The summed E-state index contributed by atoms with van der Waals surface area (Å²) in [6.07, 6.45) is 1.60. The van der Waals surface area contributed by atoms with Crippen molar-refractivity contribution in [3.05, 3.63) is 28.5 Å². The van der Waals surface area contributed by atoms with Crippen LogP contribution < -0.4 is 0 Å². The molecule has 0 atom stereocenters. The second-order valence-electron chi connectivity index (χ2n) is 1.36. The fourth-order valence-corrected chi connectivity index (χ4v) is 0.610. The first kappa shape index (κ1) is 9.53. The number of hydrogen-bond acceptors (Lipinski definition) is 1. The number of nitrogens with one attached hydrogen (secondary N) is 1. The van der Waals surface area contributed by atoms with Gasteiger partial charge in [-0.05, 0) is 6.07 Å². The Morgan fingerprint density at radius 1 is 1.44 bits per heavy atom. The first-order valence-corrected chi connectivity index (χ1v) is 2.91. The van der Waals surface area contributed by atoms with Crippen LogP contribution >= 0.6 is 15.9 Å². The summed E-state index contributed by atoms with van der Waals surface area (Å²) >= 11 is 3.20. The minimum atomic E-state index is 0. The van der Waals surface area contributed by atoms with Gasteiger partial charge in [-0.25, -0.2) is 0 Å². The number of nitrogens with zero attached hydrogens (tertiary/aromatic N) is 1. The fourth-order valence-electron chi connectivity index (χ4n) is 0.376. The third kappa shape index (κ3) is 3.28. The zero-order valence-corrected chi connectivity index (χ0v) is 9.06. The maximum absolute atomic E-state index is 6.96. The van der Waals surface area contributed by atoms with Crippen molar-refractivity contribution < 1.29 is 32.7 Å². The Kier molecular flexibility index (Phi) is 4.62. The van der Waals surface area contributed by atoms with Gasteiger partial charge in [0.1, 0.15) is 0 Å². The average molecular weight is 261 g/mol. The van der Waals surface area contributed by atoms with Crippen LogP contribution in [0.1, 0.15) is 0 Å². The summed E-state index contributed by atoms with van der Waals surface area (Å²) in [7, 11) is 0. The van der Waals surface area contributed by atoms with Crippen LogP contribution in [0.5, 0.6) is 0 Å². The predicted octanol–water partition coefficient (Wildman–Crippen LogP) is 2.53. The van der Waals surface area contributed by atoms with E-state index in [-0.39, 0.29) is 32.7 Å². The Labute approximate surface area is 87.2 Å². The summed E-state index contributed by atoms with van der Waals surface area (Å²) in [5.74, 6) is 0.299. The second-order valence-corrected chi connectivity index (χ2v) is 2.28. The molecule has 0 saturated carbocycles. The maximum Gasteiger partial charge on any atom is 3.00 e. The monoisotopic (exact) mass is 260 g/mol. The maximum atomic E-state index is 6.96. The van der Waals surface area contributed by atoms with Gasteiger partial charge in [0.25, 0.3) is 0 Å². The molecule has 1 aromatic heterocycles. The molecular formula is C5H4BrN2Y+2. The molecule has 2 nitrogen and oxygen atoms in total. The molecule has 0 fully saturated rings. The van der Waals surface area contributed by atoms with E-state index in [1.807, 2.05) is 0 Å². The van der Waals surface area contributed by atoms with Gasteiger partial charge >= 0.3 is 32.7 Å². The third-order valence-electron chi connectivity index (χ3n) is 0.727. The van der Waals surface area contributed by atoms with E-state index in [2.05, 4.69) is 20.9 Å². The van der Waals surface area contributed by atoms with Gasteiger partial charge in [0, 0.05) is 4.47 Å². The zero-order valence-electron chi connectivity index (χ0n) is 4.63. The topological polar surface area (TPSA) is 36.7 Å². The van der Waals surface area contributed by atoms with Gasteiger partial charge in [-0.1, -0.05) is 34.0 Å². The van der Waals surface area contributed by atoms with Crippen molar-refractivity contribution in [2.75, 3.05) is 0 Å². The van der Waals surface area contributed by atoms with E-state index < -0.39 is 0 Å². The molecule has 0 saturated heterocycles. The normalized spacial score (nSPS) is 8.11. The van der Waals surface area contributed by atoms with E-state index in [0.29, 0.717) is 5.82 Å². The molecule has 1 rings (SSSR count). The van der Waals surface area contributed by atoms with Crippen LogP contribution in [0.2, 0.25) is 0 Å². The summed E-state index contributed by atoms with van der Waals surface area (Å²) in [4.78, 5) is 3.70. The van der Waals surface area contributed by atoms with Gasteiger partial charge in [-0.2, -0.15) is 0 Å². The molecule has 4 heteroatoms. The molecule has 0 aliphatic rings.